The lowest BCUT2D eigenvalue weighted by Gasteiger charge is -2.06. The van der Waals surface area contributed by atoms with Gasteiger partial charge in [-0.05, 0) is 47.1 Å². The van der Waals surface area contributed by atoms with Crippen molar-refractivity contribution in [1.29, 1.82) is 0 Å². The average Bonchev–Trinajstić information content (AvgIpc) is 2.88. The molecule has 3 rings (SSSR count). The Morgan fingerprint density at radius 3 is 2.95 bits per heavy atom. The van der Waals surface area contributed by atoms with E-state index in [1.807, 2.05) is 19.1 Å². The molecule has 2 aromatic heterocycles. The maximum atomic E-state index is 11.2. The fourth-order valence-electron chi connectivity index (χ4n) is 1.82. The van der Waals surface area contributed by atoms with E-state index in [1.165, 1.54) is 18.1 Å². The first-order chi connectivity index (χ1) is 10.0. The summed E-state index contributed by atoms with van der Waals surface area (Å²) >= 11 is 4.65. The van der Waals surface area contributed by atoms with E-state index in [9.17, 15) is 4.79 Å². The van der Waals surface area contributed by atoms with E-state index >= 15 is 0 Å². The van der Waals surface area contributed by atoms with Gasteiger partial charge < -0.3 is 5.11 Å². The highest BCUT2D eigenvalue weighted by Crippen LogP contribution is 2.30. The molecule has 0 saturated heterocycles. The third kappa shape index (κ3) is 2.77. The Morgan fingerprint density at radius 1 is 1.38 bits per heavy atom. The van der Waals surface area contributed by atoms with Gasteiger partial charge in [-0.1, -0.05) is 11.8 Å². The number of carboxylic acid groups (broad SMARTS) is 1. The summed E-state index contributed by atoms with van der Waals surface area (Å²) < 4.78 is 2.18. The first-order valence-electron chi connectivity index (χ1n) is 5.92. The Balaban J connectivity index is 2.04. The largest absolute Gasteiger partial charge is 0.478 e. The number of nitrogens with zero attached hydrogens (tertiary/aromatic N) is 4. The van der Waals surface area contributed by atoms with E-state index in [1.54, 1.807) is 16.6 Å². The lowest BCUT2D eigenvalue weighted by molar-refractivity contribution is 0.0695. The van der Waals surface area contributed by atoms with Gasteiger partial charge in [0, 0.05) is 15.1 Å². The van der Waals surface area contributed by atoms with E-state index < -0.39 is 5.97 Å². The minimum Gasteiger partial charge on any atom is -0.478 e. The van der Waals surface area contributed by atoms with Crippen molar-refractivity contribution in [2.75, 3.05) is 0 Å². The molecule has 0 amide bonds. The summed E-state index contributed by atoms with van der Waals surface area (Å²) in [7, 11) is 0. The molecule has 6 nitrogen and oxygen atoms in total. The highest BCUT2D eigenvalue weighted by Gasteiger charge is 2.12. The third-order valence-corrected chi connectivity index (χ3v) is 4.42. The maximum absolute atomic E-state index is 11.2. The van der Waals surface area contributed by atoms with Crippen LogP contribution in [0.5, 0.6) is 0 Å². The van der Waals surface area contributed by atoms with E-state index in [4.69, 9.17) is 5.11 Å². The van der Waals surface area contributed by atoms with Crippen molar-refractivity contribution in [3.8, 4) is 0 Å². The minimum absolute atomic E-state index is 0.223. The molecule has 0 aliphatic carbocycles. The topological polar surface area (TPSA) is 80.4 Å². The summed E-state index contributed by atoms with van der Waals surface area (Å²) in [4.78, 5) is 20.3. The zero-order chi connectivity index (χ0) is 15.0. The Kier molecular flexibility index (Phi) is 3.64. The first-order valence-corrected chi connectivity index (χ1v) is 7.53. The summed E-state index contributed by atoms with van der Waals surface area (Å²) in [5.41, 5.74) is 1.05. The second-order valence-electron chi connectivity index (χ2n) is 4.26. The molecule has 0 saturated carbocycles. The Hall–Kier alpha value is -1.93. The molecule has 0 bridgehead atoms. The van der Waals surface area contributed by atoms with Gasteiger partial charge in [0.1, 0.15) is 11.4 Å². The monoisotopic (exact) mass is 364 g/mol. The number of rotatable bonds is 3. The molecule has 2 heterocycles. The number of carbonyl (C=O) groups is 1. The molecule has 0 atom stereocenters. The van der Waals surface area contributed by atoms with Gasteiger partial charge in [-0.15, -0.1) is 0 Å². The molecule has 0 aliphatic rings. The SMILES string of the molecule is Cc1cc(Sc2ccc(Br)c(C(=O)O)c2)n2ncnc2n1. The molecule has 0 radical (unpaired) electrons. The van der Waals surface area contributed by atoms with Gasteiger partial charge in [0.2, 0.25) is 0 Å². The summed E-state index contributed by atoms with van der Waals surface area (Å²) in [6.07, 6.45) is 1.44. The van der Waals surface area contributed by atoms with E-state index in [0.29, 0.717) is 10.3 Å². The number of benzene rings is 1. The number of aromatic carboxylic acids is 1. The second-order valence-corrected chi connectivity index (χ2v) is 6.20. The number of fused-ring (bicyclic) bond motifs is 1. The van der Waals surface area contributed by atoms with Crippen molar-refractivity contribution in [2.45, 2.75) is 16.8 Å². The van der Waals surface area contributed by atoms with Crippen molar-refractivity contribution >= 4 is 39.4 Å². The summed E-state index contributed by atoms with van der Waals surface area (Å²) in [6.45, 7) is 1.88. The molecule has 1 N–H and O–H groups in total. The zero-order valence-corrected chi connectivity index (χ0v) is 13.2. The van der Waals surface area contributed by atoms with Crippen LogP contribution in [0.1, 0.15) is 16.1 Å². The predicted molar refractivity (Wildman–Crippen MR) is 80.7 cm³/mol. The van der Waals surface area contributed by atoms with E-state index in [0.717, 1.165) is 15.6 Å². The van der Waals surface area contributed by atoms with Gasteiger partial charge in [0.15, 0.2) is 0 Å². The molecule has 8 heteroatoms. The Morgan fingerprint density at radius 2 is 2.19 bits per heavy atom. The van der Waals surface area contributed by atoms with Crippen LogP contribution in [0.15, 0.2) is 45.0 Å². The van der Waals surface area contributed by atoms with Crippen molar-refractivity contribution < 1.29 is 9.90 Å². The Bertz CT molecular complexity index is 849. The van der Waals surface area contributed by atoms with Crippen LogP contribution in [0.25, 0.3) is 5.78 Å². The van der Waals surface area contributed by atoms with E-state index in [2.05, 4.69) is 31.0 Å². The zero-order valence-electron chi connectivity index (χ0n) is 10.8. The number of carboxylic acids is 1. The highest BCUT2D eigenvalue weighted by molar-refractivity contribution is 9.10. The highest BCUT2D eigenvalue weighted by atomic mass is 79.9. The number of hydrogen-bond donors (Lipinski definition) is 1. The number of halogens is 1. The Labute approximate surface area is 132 Å². The van der Waals surface area contributed by atoms with Crippen molar-refractivity contribution in [2.24, 2.45) is 0 Å². The predicted octanol–water partition coefficient (Wildman–Crippen LogP) is 3.04. The van der Waals surface area contributed by atoms with Gasteiger partial charge in [-0.3, -0.25) is 0 Å². The van der Waals surface area contributed by atoms with Crippen LogP contribution >= 0.6 is 27.7 Å². The molecular formula is C13H9BrN4O2S. The third-order valence-electron chi connectivity index (χ3n) is 2.74. The van der Waals surface area contributed by atoms with Crippen LogP contribution in [0, 0.1) is 6.92 Å². The molecule has 1 aromatic carbocycles. The lowest BCUT2D eigenvalue weighted by Crippen LogP contribution is -1.99. The average molecular weight is 365 g/mol. The fourth-order valence-corrected chi connectivity index (χ4v) is 3.24. The molecule has 21 heavy (non-hydrogen) atoms. The molecule has 0 spiro atoms. The van der Waals surface area contributed by atoms with Crippen molar-refractivity contribution in [1.82, 2.24) is 19.6 Å². The second kappa shape index (κ2) is 5.45. The lowest BCUT2D eigenvalue weighted by atomic mass is 10.2. The standard InChI is InChI=1S/C13H9BrN4O2S/c1-7-4-11(18-13(17-7)15-6-16-18)21-8-2-3-10(14)9(5-8)12(19)20/h2-6H,1H3,(H,19,20). The van der Waals surface area contributed by atoms with Crippen LogP contribution in [0.2, 0.25) is 0 Å². The maximum Gasteiger partial charge on any atom is 0.336 e. The number of aromatic nitrogens is 4. The normalized spacial score (nSPS) is 11.0. The number of hydrogen-bond acceptors (Lipinski definition) is 5. The summed E-state index contributed by atoms with van der Waals surface area (Å²) in [5.74, 6) is -0.450. The quantitative estimate of drug-likeness (QED) is 0.719. The summed E-state index contributed by atoms with van der Waals surface area (Å²) in [6, 6.07) is 7.07. The molecule has 0 unspecified atom stereocenters. The molecule has 0 aliphatic heterocycles. The first kappa shape index (κ1) is 14.0. The van der Waals surface area contributed by atoms with Gasteiger partial charge in [0.25, 0.3) is 5.78 Å². The van der Waals surface area contributed by atoms with Gasteiger partial charge in [-0.25, -0.2) is 9.78 Å². The van der Waals surface area contributed by atoms with E-state index in [-0.39, 0.29) is 5.56 Å². The van der Waals surface area contributed by atoms with Crippen LogP contribution < -0.4 is 0 Å². The van der Waals surface area contributed by atoms with Crippen LogP contribution in [0.4, 0.5) is 0 Å². The van der Waals surface area contributed by atoms with Crippen LogP contribution in [0.3, 0.4) is 0 Å². The van der Waals surface area contributed by atoms with Crippen LogP contribution in [-0.4, -0.2) is 30.7 Å². The van der Waals surface area contributed by atoms with Gasteiger partial charge >= 0.3 is 5.97 Å². The van der Waals surface area contributed by atoms with Crippen LogP contribution in [-0.2, 0) is 0 Å². The molecule has 106 valence electrons. The minimum atomic E-state index is -0.971. The fraction of sp³-hybridized carbons (Fsp3) is 0.0769. The van der Waals surface area contributed by atoms with Crippen molar-refractivity contribution in [3.05, 3.63) is 46.3 Å². The molecular weight excluding hydrogens is 356 g/mol. The van der Waals surface area contributed by atoms with Gasteiger partial charge in [-0.2, -0.15) is 14.6 Å². The smallest absolute Gasteiger partial charge is 0.336 e. The van der Waals surface area contributed by atoms with Gasteiger partial charge in [0.05, 0.1) is 5.56 Å². The van der Waals surface area contributed by atoms with Crippen molar-refractivity contribution in [3.63, 3.8) is 0 Å². The number of aryl methyl sites for hydroxylation is 1. The summed E-state index contributed by atoms with van der Waals surface area (Å²) in [5, 5.41) is 14.1. The molecule has 0 fully saturated rings. The molecule has 3 aromatic rings.